The number of fused-ring (bicyclic) bond motifs is 1. The summed E-state index contributed by atoms with van der Waals surface area (Å²) in [4.78, 5) is 21.2. The topological polar surface area (TPSA) is 69.0 Å². The number of alkyl halides is 3. The lowest BCUT2D eigenvalue weighted by atomic mass is 9.92. The zero-order chi connectivity index (χ0) is 21.6. The number of nitrogens with zero attached hydrogens (tertiary/aromatic N) is 3. The summed E-state index contributed by atoms with van der Waals surface area (Å²) in [6.07, 6.45) is -0.937. The average molecular weight is 412 g/mol. The molecule has 29 heavy (non-hydrogen) atoms. The molecule has 9 heteroatoms. The molecule has 3 rings (SSSR count). The van der Waals surface area contributed by atoms with Crippen molar-refractivity contribution in [2.45, 2.75) is 71.7 Å². The van der Waals surface area contributed by atoms with Gasteiger partial charge in [0.05, 0.1) is 23.2 Å². The minimum Gasteiger partial charge on any atom is -0.375 e. The first-order valence-corrected chi connectivity index (χ1v) is 9.68. The van der Waals surface area contributed by atoms with Crippen LogP contribution >= 0.6 is 0 Å². The highest BCUT2D eigenvalue weighted by atomic mass is 19.4. The van der Waals surface area contributed by atoms with E-state index in [2.05, 4.69) is 15.3 Å². The Hall–Kier alpha value is -2.16. The largest absolute Gasteiger partial charge is 0.417 e. The van der Waals surface area contributed by atoms with Gasteiger partial charge >= 0.3 is 6.18 Å². The Morgan fingerprint density at radius 3 is 2.41 bits per heavy atom. The fourth-order valence-corrected chi connectivity index (χ4v) is 2.95. The molecule has 2 aromatic heterocycles. The molecule has 1 fully saturated rings. The molecule has 1 amide bonds. The third kappa shape index (κ3) is 4.71. The van der Waals surface area contributed by atoms with E-state index >= 15 is 0 Å². The van der Waals surface area contributed by atoms with Crippen LogP contribution in [0.25, 0.3) is 11.2 Å². The van der Waals surface area contributed by atoms with Crippen molar-refractivity contribution in [3.05, 3.63) is 17.8 Å². The smallest absolute Gasteiger partial charge is 0.375 e. The number of halogens is 3. The van der Waals surface area contributed by atoms with Crippen LogP contribution in [0.4, 0.5) is 19.1 Å². The summed E-state index contributed by atoms with van der Waals surface area (Å²) >= 11 is 0. The number of carbonyl (C=O) groups is 1. The molecule has 0 spiro atoms. The Morgan fingerprint density at radius 2 is 1.90 bits per heavy atom. The van der Waals surface area contributed by atoms with E-state index in [1.165, 1.54) is 0 Å². The second kappa shape index (κ2) is 7.27. The van der Waals surface area contributed by atoms with Crippen LogP contribution in [0, 0.1) is 5.41 Å². The van der Waals surface area contributed by atoms with Gasteiger partial charge in [-0.25, -0.2) is 9.97 Å². The van der Waals surface area contributed by atoms with Crippen LogP contribution in [-0.2, 0) is 15.7 Å². The lowest BCUT2D eigenvalue weighted by Crippen LogP contribution is -2.38. The molecule has 0 unspecified atom stereocenters. The molecule has 1 saturated carbocycles. The number of hydrogen-bond donors (Lipinski definition) is 1. The van der Waals surface area contributed by atoms with E-state index in [-0.39, 0.29) is 30.0 Å². The minimum atomic E-state index is -4.50. The third-order valence-corrected chi connectivity index (χ3v) is 5.00. The van der Waals surface area contributed by atoms with E-state index in [0.717, 1.165) is 31.5 Å². The summed E-state index contributed by atoms with van der Waals surface area (Å²) in [5.41, 5.74) is -1.64. The Balaban J connectivity index is 1.92. The van der Waals surface area contributed by atoms with Crippen molar-refractivity contribution < 1.29 is 22.7 Å². The molecule has 2 aromatic rings. The summed E-state index contributed by atoms with van der Waals surface area (Å²) in [5, 5.41) is 2.80. The number of anilines is 1. The number of hydrogen-bond acceptors (Lipinski definition) is 4. The third-order valence-electron chi connectivity index (χ3n) is 5.00. The van der Waals surface area contributed by atoms with Crippen LogP contribution in [0.5, 0.6) is 0 Å². The van der Waals surface area contributed by atoms with E-state index in [1.807, 2.05) is 20.8 Å². The summed E-state index contributed by atoms with van der Waals surface area (Å²) < 4.78 is 46.6. The van der Waals surface area contributed by atoms with Crippen LogP contribution in [0.15, 0.2) is 12.3 Å². The minimum absolute atomic E-state index is 0.0634. The SMILES string of the molecule is CC(C)(C)OCC(C)(C)C(=O)Nc1nc2cc(C(F)(F)F)cnc2n1C1CCC1. The fraction of sp³-hybridized carbons (Fsp3) is 0.650. The Morgan fingerprint density at radius 1 is 1.24 bits per heavy atom. The highest BCUT2D eigenvalue weighted by molar-refractivity contribution is 5.95. The number of amides is 1. The van der Waals surface area contributed by atoms with Crippen molar-refractivity contribution in [3.8, 4) is 0 Å². The molecule has 6 nitrogen and oxygen atoms in total. The number of pyridine rings is 1. The standard InChI is InChI=1S/C20H27F3N4O2/c1-18(2,3)29-11-19(4,5)16(28)26-17-25-14-9-12(20(21,22)23)10-24-15(14)27(17)13-7-6-8-13/h9-10,13H,6-8,11H2,1-5H3,(H,25,26,28). The van der Waals surface area contributed by atoms with Gasteiger partial charge in [0.2, 0.25) is 11.9 Å². The predicted octanol–water partition coefficient (Wildman–Crippen LogP) is 4.95. The first-order chi connectivity index (χ1) is 13.3. The molecule has 0 atom stereocenters. The van der Waals surface area contributed by atoms with Gasteiger partial charge in [-0.1, -0.05) is 0 Å². The van der Waals surface area contributed by atoms with Gasteiger partial charge in [0.1, 0.15) is 5.52 Å². The number of aromatic nitrogens is 3. The van der Waals surface area contributed by atoms with Gasteiger partial charge in [-0.2, -0.15) is 13.2 Å². The van der Waals surface area contributed by atoms with Crippen LogP contribution in [0.1, 0.15) is 65.5 Å². The summed E-state index contributed by atoms with van der Waals surface area (Å²) in [5.74, 6) is -0.0842. The Bertz CT molecular complexity index is 909. The number of imidazole rings is 1. The summed E-state index contributed by atoms with van der Waals surface area (Å²) in [6.45, 7) is 9.42. The zero-order valence-corrected chi connectivity index (χ0v) is 17.4. The lowest BCUT2D eigenvalue weighted by Gasteiger charge is -2.30. The number of rotatable bonds is 5. The highest BCUT2D eigenvalue weighted by Crippen LogP contribution is 2.38. The van der Waals surface area contributed by atoms with E-state index in [4.69, 9.17) is 4.74 Å². The van der Waals surface area contributed by atoms with E-state index in [0.29, 0.717) is 5.65 Å². The van der Waals surface area contributed by atoms with Gasteiger partial charge in [-0.05, 0) is 59.9 Å². The van der Waals surface area contributed by atoms with Crippen LogP contribution in [0.3, 0.4) is 0 Å². The Labute approximate surface area is 167 Å². The summed E-state index contributed by atoms with van der Waals surface area (Å²) in [7, 11) is 0. The highest BCUT2D eigenvalue weighted by Gasteiger charge is 2.35. The van der Waals surface area contributed by atoms with Gasteiger partial charge in [-0.3, -0.25) is 14.7 Å². The number of ether oxygens (including phenoxy) is 1. The fourth-order valence-electron chi connectivity index (χ4n) is 2.95. The van der Waals surface area contributed by atoms with Crippen molar-refractivity contribution >= 4 is 23.0 Å². The molecule has 0 aliphatic heterocycles. The molecular formula is C20H27F3N4O2. The molecule has 1 aliphatic carbocycles. The van der Waals surface area contributed by atoms with Crippen molar-refractivity contribution in [2.24, 2.45) is 5.41 Å². The maximum atomic E-state index is 13.0. The molecular weight excluding hydrogens is 385 g/mol. The maximum absolute atomic E-state index is 13.0. The first-order valence-electron chi connectivity index (χ1n) is 9.68. The zero-order valence-electron chi connectivity index (χ0n) is 17.4. The second-order valence-electron chi connectivity index (χ2n) is 9.19. The van der Waals surface area contributed by atoms with Crippen molar-refractivity contribution in [3.63, 3.8) is 0 Å². The van der Waals surface area contributed by atoms with E-state index < -0.39 is 22.8 Å². The molecule has 1 N–H and O–H groups in total. The normalized spacial score (nSPS) is 16.1. The predicted molar refractivity (Wildman–Crippen MR) is 104 cm³/mol. The van der Waals surface area contributed by atoms with E-state index in [1.54, 1.807) is 18.4 Å². The monoisotopic (exact) mass is 412 g/mol. The number of carbonyl (C=O) groups excluding carboxylic acids is 1. The quantitative estimate of drug-likeness (QED) is 0.754. The maximum Gasteiger partial charge on any atom is 0.417 e. The number of nitrogens with one attached hydrogen (secondary N) is 1. The van der Waals surface area contributed by atoms with Gasteiger partial charge in [0.25, 0.3) is 0 Å². The van der Waals surface area contributed by atoms with E-state index in [9.17, 15) is 18.0 Å². The Kier molecular flexibility index (Phi) is 5.40. The van der Waals surface area contributed by atoms with Crippen LogP contribution < -0.4 is 5.32 Å². The first kappa shape index (κ1) is 21.5. The average Bonchev–Trinajstić information content (AvgIpc) is 2.87. The van der Waals surface area contributed by atoms with Crippen LogP contribution in [-0.4, -0.2) is 32.7 Å². The van der Waals surface area contributed by atoms with Crippen molar-refractivity contribution in [2.75, 3.05) is 11.9 Å². The van der Waals surface area contributed by atoms with Crippen molar-refractivity contribution in [1.29, 1.82) is 0 Å². The van der Waals surface area contributed by atoms with Gasteiger partial charge in [0, 0.05) is 12.2 Å². The molecule has 0 radical (unpaired) electrons. The van der Waals surface area contributed by atoms with Gasteiger partial charge in [-0.15, -0.1) is 0 Å². The molecule has 0 aromatic carbocycles. The van der Waals surface area contributed by atoms with Gasteiger partial charge < -0.3 is 4.74 Å². The van der Waals surface area contributed by atoms with Gasteiger partial charge in [0.15, 0.2) is 5.65 Å². The molecule has 0 saturated heterocycles. The molecule has 160 valence electrons. The molecule has 0 bridgehead atoms. The van der Waals surface area contributed by atoms with Crippen molar-refractivity contribution in [1.82, 2.24) is 14.5 Å². The second-order valence-corrected chi connectivity index (χ2v) is 9.19. The lowest BCUT2D eigenvalue weighted by molar-refractivity contribution is -0.137. The van der Waals surface area contributed by atoms with Crippen LogP contribution in [0.2, 0.25) is 0 Å². The molecule has 1 aliphatic rings. The molecule has 2 heterocycles. The summed E-state index contributed by atoms with van der Waals surface area (Å²) in [6, 6.07) is 1.04.